The Morgan fingerprint density at radius 2 is 2.27 bits per heavy atom. The van der Waals surface area contributed by atoms with Crippen LogP contribution in [0.15, 0.2) is 12.3 Å². The molecule has 4 N–H and O–H groups in total. The molecule has 3 atom stereocenters. The Morgan fingerprint density at radius 3 is 2.96 bits per heavy atom. The first-order valence-electron chi connectivity index (χ1n) is 8.63. The molecule has 26 heavy (non-hydrogen) atoms. The minimum absolute atomic E-state index is 0.0552. The minimum atomic E-state index is -0.982. The molecule has 1 aliphatic carbocycles. The Bertz CT molecular complexity index is 784. The summed E-state index contributed by atoms with van der Waals surface area (Å²) >= 11 is 0. The normalized spacial score (nSPS) is 20.7. The number of aromatic amines is 1. The molecule has 10 nitrogen and oxygen atoms in total. The largest absolute Gasteiger partial charge is 0.465 e. The van der Waals surface area contributed by atoms with E-state index in [1.54, 1.807) is 7.05 Å². The Hall–Kier alpha value is -2.91. The summed E-state index contributed by atoms with van der Waals surface area (Å²) in [5.41, 5.74) is 1.35. The fraction of sp³-hybridized carbons (Fsp3) is 0.562. The number of anilines is 1. The highest BCUT2D eigenvalue weighted by Crippen LogP contribution is 2.40. The van der Waals surface area contributed by atoms with Gasteiger partial charge in [0.1, 0.15) is 5.69 Å². The van der Waals surface area contributed by atoms with E-state index in [1.165, 1.54) is 10.9 Å². The summed E-state index contributed by atoms with van der Waals surface area (Å²) in [6.45, 7) is 1.89. The Balaban J connectivity index is 1.54. The van der Waals surface area contributed by atoms with E-state index in [2.05, 4.69) is 31.1 Å². The summed E-state index contributed by atoms with van der Waals surface area (Å²) in [6, 6.07) is 1.80. The van der Waals surface area contributed by atoms with Crippen molar-refractivity contribution in [1.29, 1.82) is 0 Å². The van der Waals surface area contributed by atoms with Gasteiger partial charge in [0.2, 0.25) is 0 Å². The number of nitrogens with one attached hydrogen (secondary N) is 3. The second-order valence-electron chi connectivity index (χ2n) is 6.87. The van der Waals surface area contributed by atoms with Gasteiger partial charge in [0.05, 0.1) is 6.20 Å². The standard InChI is InChI=1S/C16H23N7O3/c1-9(18-16(25)26)5-10-3-4-11(6-10)12-7-14(21-20-12)19-15(24)13-8-17-22-23(13)2/h7-11,18H,3-6H2,1-2H3,(H,25,26)(H2,19,20,21,24). The lowest BCUT2D eigenvalue weighted by molar-refractivity contribution is 0.101. The quantitative estimate of drug-likeness (QED) is 0.618. The van der Waals surface area contributed by atoms with Gasteiger partial charge in [-0.1, -0.05) is 5.21 Å². The Kier molecular flexibility index (Phi) is 5.19. The number of carboxylic acid groups (broad SMARTS) is 1. The van der Waals surface area contributed by atoms with E-state index in [-0.39, 0.29) is 11.9 Å². The van der Waals surface area contributed by atoms with Crippen LogP contribution in [0.25, 0.3) is 0 Å². The molecule has 2 amide bonds. The molecule has 2 aromatic rings. The van der Waals surface area contributed by atoms with Crippen molar-refractivity contribution >= 4 is 17.8 Å². The molecule has 1 aliphatic rings. The van der Waals surface area contributed by atoms with E-state index in [9.17, 15) is 9.59 Å². The van der Waals surface area contributed by atoms with Crippen LogP contribution in [0.3, 0.4) is 0 Å². The van der Waals surface area contributed by atoms with Gasteiger partial charge in [-0.2, -0.15) is 5.10 Å². The number of carbonyl (C=O) groups excluding carboxylic acids is 1. The number of carbonyl (C=O) groups is 2. The van der Waals surface area contributed by atoms with E-state index in [0.717, 1.165) is 31.4 Å². The van der Waals surface area contributed by atoms with Crippen molar-refractivity contribution in [1.82, 2.24) is 30.5 Å². The zero-order valence-corrected chi connectivity index (χ0v) is 14.8. The molecule has 3 rings (SSSR count). The highest BCUT2D eigenvalue weighted by atomic mass is 16.4. The van der Waals surface area contributed by atoms with E-state index >= 15 is 0 Å². The molecular formula is C16H23N7O3. The van der Waals surface area contributed by atoms with Crippen molar-refractivity contribution in [2.45, 2.75) is 44.6 Å². The molecule has 140 valence electrons. The number of nitrogens with zero attached hydrogens (tertiary/aromatic N) is 4. The second-order valence-corrected chi connectivity index (χ2v) is 6.87. The van der Waals surface area contributed by atoms with E-state index in [4.69, 9.17) is 5.11 Å². The van der Waals surface area contributed by atoms with Gasteiger partial charge in [0, 0.05) is 30.8 Å². The molecule has 0 aromatic carbocycles. The Morgan fingerprint density at radius 1 is 1.46 bits per heavy atom. The molecule has 10 heteroatoms. The number of rotatable bonds is 6. The van der Waals surface area contributed by atoms with Crippen molar-refractivity contribution in [2.75, 3.05) is 5.32 Å². The van der Waals surface area contributed by atoms with Crippen molar-refractivity contribution < 1.29 is 14.7 Å². The summed E-state index contributed by atoms with van der Waals surface area (Å²) in [5.74, 6) is 0.973. The first kappa shape index (κ1) is 17.9. The van der Waals surface area contributed by atoms with Gasteiger partial charge in [-0.3, -0.25) is 9.89 Å². The summed E-state index contributed by atoms with van der Waals surface area (Å²) < 4.78 is 1.40. The van der Waals surface area contributed by atoms with Crippen LogP contribution in [0.2, 0.25) is 0 Å². The molecule has 3 unspecified atom stereocenters. The van der Waals surface area contributed by atoms with E-state index in [0.29, 0.717) is 23.3 Å². The van der Waals surface area contributed by atoms with E-state index in [1.807, 2.05) is 13.0 Å². The lowest BCUT2D eigenvalue weighted by atomic mass is 9.96. The van der Waals surface area contributed by atoms with Gasteiger partial charge in [0.25, 0.3) is 5.91 Å². The highest BCUT2D eigenvalue weighted by Gasteiger charge is 2.28. The molecule has 1 fully saturated rings. The number of amides is 2. The van der Waals surface area contributed by atoms with Crippen LogP contribution in [0, 0.1) is 5.92 Å². The summed E-state index contributed by atoms with van der Waals surface area (Å²) in [4.78, 5) is 22.9. The highest BCUT2D eigenvalue weighted by molar-refractivity contribution is 6.02. The van der Waals surface area contributed by atoms with Crippen LogP contribution in [-0.4, -0.2) is 48.3 Å². The lowest BCUT2D eigenvalue weighted by Gasteiger charge is -2.16. The van der Waals surface area contributed by atoms with Gasteiger partial charge < -0.3 is 15.7 Å². The average molecular weight is 361 g/mol. The smallest absolute Gasteiger partial charge is 0.404 e. The van der Waals surface area contributed by atoms with Crippen LogP contribution in [0.1, 0.15) is 54.7 Å². The topological polar surface area (TPSA) is 138 Å². The predicted octanol–water partition coefficient (Wildman–Crippen LogP) is 1.72. The fourth-order valence-corrected chi connectivity index (χ4v) is 3.63. The fourth-order valence-electron chi connectivity index (χ4n) is 3.63. The van der Waals surface area contributed by atoms with Crippen LogP contribution in [-0.2, 0) is 7.05 Å². The molecule has 0 bridgehead atoms. The third kappa shape index (κ3) is 4.19. The van der Waals surface area contributed by atoms with Gasteiger partial charge in [0.15, 0.2) is 5.82 Å². The lowest BCUT2D eigenvalue weighted by Crippen LogP contribution is -2.32. The second kappa shape index (κ2) is 7.54. The summed E-state index contributed by atoms with van der Waals surface area (Å²) in [7, 11) is 1.65. The van der Waals surface area contributed by atoms with Crippen molar-refractivity contribution in [3.63, 3.8) is 0 Å². The number of aromatic nitrogens is 5. The van der Waals surface area contributed by atoms with Crippen LogP contribution < -0.4 is 10.6 Å². The van der Waals surface area contributed by atoms with Crippen LogP contribution in [0.5, 0.6) is 0 Å². The minimum Gasteiger partial charge on any atom is -0.465 e. The maximum absolute atomic E-state index is 12.2. The van der Waals surface area contributed by atoms with Crippen molar-refractivity contribution in [3.05, 3.63) is 23.7 Å². The van der Waals surface area contributed by atoms with Gasteiger partial charge in [-0.05, 0) is 38.5 Å². The van der Waals surface area contributed by atoms with Gasteiger partial charge in [-0.15, -0.1) is 5.10 Å². The first-order chi connectivity index (χ1) is 12.4. The van der Waals surface area contributed by atoms with Gasteiger partial charge in [-0.25, -0.2) is 9.48 Å². The zero-order valence-electron chi connectivity index (χ0n) is 14.8. The maximum Gasteiger partial charge on any atom is 0.404 e. The number of hydrogen-bond acceptors (Lipinski definition) is 5. The molecule has 1 saturated carbocycles. The molecule has 0 saturated heterocycles. The first-order valence-corrected chi connectivity index (χ1v) is 8.63. The monoisotopic (exact) mass is 361 g/mol. The molecule has 0 spiro atoms. The average Bonchev–Trinajstić information content (AvgIpc) is 3.27. The summed E-state index contributed by atoms with van der Waals surface area (Å²) in [6.07, 6.45) is 4.30. The summed E-state index contributed by atoms with van der Waals surface area (Å²) in [5, 5.41) is 28.6. The molecular weight excluding hydrogens is 338 g/mol. The molecule has 2 aromatic heterocycles. The van der Waals surface area contributed by atoms with Crippen molar-refractivity contribution in [2.24, 2.45) is 13.0 Å². The predicted molar refractivity (Wildman–Crippen MR) is 92.9 cm³/mol. The van der Waals surface area contributed by atoms with Gasteiger partial charge >= 0.3 is 6.09 Å². The number of aryl methyl sites for hydroxylation is 1. The zero-order chi connectivity index (χ0) is 18.7. The molecule has 2 heterocycles. The molecule has 0 aliphatic heterocycles. The molecule has 0 radical (unpaired) electrons. The third-order valence-electron chi connectivity index (χ3n) is 4.82. The third-order valence-corrected chi connectivity index (χ3v) is 4.82. The Labute approximate surface area is 150 Å². The van der Waals surface area contributed by atoms with Crippen molar-refractivity contribution in [3.8, 4) is 0 Å². The van der Waals surface area contributed by atoms with Crippen LogP contribution >= 0.6 is 0 Å². The van der Waals surface area contributed by atoms with Crippen LogP contribution in [0.4, 0.5) is 10.6 Å². The van der Waals surface area contributed by atoms with E-state index < -0.39 is 6.09 Å². The number of H-pyrrole nitrogens is 1. The SMILES string of the molecule is CC(CC1CCC(c2cc(NC(=O)c3cnnn3C)n[nH]2)C1)NC(=O)O. The number of hydrogen-bond donors (Lipinski definition) is 4. The maximum atomic E-state index is 12.2.